The van der Waals surface area contributed by atoms with Crippen LogP contribution in [0.4, 0.5) is 5.82 Å². The Labute approximate surface area is 116 Å². The molecule has 0 aliphatic carbocycles. The summed E-state index contributed by atoms with van der Waals surface area (Å²) in [6, 6.07) is 6.02. The summed E-state index contributed by atoms with van der Waals surface area (Å²) in [4.78, 5) is 6.93. The number of hydrogen-bond acceptors (Lipinski definition) is 4. The van der Waals surface area contributed by atoms with Crippen molar-refractivity contribution in [2.45, 2.75) is 26.7 Å². The molecule has 0 amide bonds. The third kappa shape index (κ3) is 4.10. The molecule has 1 aliphatic rings. The molecule has 0 unspecified atom stereocenters. The Morgan fingerprint density at radius 1 is 1.32 bits per heavy atom. The largest absolute Gasteiger partial charge is 0.478 e. The van der Waals surface area contributed by atoms with Crippen LogP contribution in [0.25, 0.3) is 0 Å². The Bertz CT molecular complexity index is 375. The van der Waals surface area contributed by atoms with Crippen molar-refractivity contribution in [2.75, 3.05) is 37.7 Å². The van der Waals surface area contributed by atoms with E-state index in [1.807, 2.05) is 19.1 Å². The van der Waals surface area contributed by atoms with Gasteiger partial charge in [0.15, 0.2) is 0 Å². The fourth-order valence-corrected chi connectivity index (χ4v) is 2.52. The minimum atomic E-state index is 0.668. The van der Waals surface area contributed by atoms with Gasteiger partial charge in [-0.05, 0) is 44.8 Å². The summed E-state index contributed by atoms with van der Waals surface area (Å²) in [7, 11) is 0. The second-order valence-electron chi connectivity index (χ2n) is 5.01. The molecular weight excluding hydrogens is 238 g/mol. The summed E-state index contributed by atoms with van der Waals surface area (Å²) < 4.78 is 5.46. The Hall–Kier alpha value is -1.29. The van der Waals surface area contributed by atoms with Gasteiger partial charge >= 0.3 is 0 Å². The average molecular weight is 263 g/mol. The topological polar surface area (TPSA) is 37.4 Å². The van der Waals surface area contributed by atoms with Crippen LogP contribution in [-0.4, -0.2) is 37.8 Å². The molecule has 2 rings (SSSR count). The van der Waals surface area contributed by atoms with E-state index in [-0.39, 0.29) is 0 Å². The molecular formula is C15H25N3O. The quantitative estimate of drug-likeness (QED) is 0.854. The van der Waals surface area contributed by atoms with Crippen molar-refractivity contribution >= 4 is 5.82 Å². The molecule has 0 saturated carbocycles. The molecule has 0 spiro atoms. The van der Waals surface area contributed by atoms with Gasteiger partial charge in [0.25, 0.3) is 0 Å². The van der Waals surface area contributed by atoms with Crippen LogP contribution in [-0.2, 0) is 0 Å². The van der Waals surface area contributed by atoms with Gasteiger partial charge in [-0.25, -0.2) is 0 Å². The number of nitrogens with one attached hydrogen (secondary N) is 1. The molecule has 0 bridgehead atoms. The highest BCUT2D eigenvalue weighted by Crippen LogP contribution is 2.23. The molecule has 4 heteroatoms. The lowest BCUT2D eigenvalue weighted by Crippen LogP contribution is -2.37. The van der Waals surface area contributed by atoms with Crippen molar-refractivity contribution < 1.29 is 4.74 Å². The first kappa shape index (κ1) is 14.1. The molecule has 1 aliphatic heterocycles. The normalized spacial score (nSPS) is 16.6. The zero-order valence-corrected chi connectivity index (χ0v) is 12.1. The minimum Gasteiger partial charge on any atom is -0.478 e. The van der Waals surface area contributed by atoms with E-state index < -0.39 is 0 Å². The molecule has 1 aromatic rings. The fraction of sp³-hybridized carbons (Fsp3) is 0.667. The highest BCUT2D eigenvalue weighted by molar-refractivity contribution is 5.41. The first-order chi connectivity index (χ1) is 9.33. The summed E-state index contributed by atoms with van der Waals surface area (Å²) in [6.45, 7) is 9.23. The van der Waals surface area contributed by atoms with E-state index >= 15 is 0 Å². The minimum absolute atomic E-state index is 0.668. The summed E-state index contributed by atoms with van der Waals surface area (Å²) >= 11 is 0. The molecule has 1 fully saturated rings. The van der Waals surface area contributed by atoms with E-state index in [4.69, 9.17) is 4.74 Å². The summed E-state index contributed by atoms with van der Waals surface area (Å²) in [5, 5.41) is 3.44. The Morgan fingerprint density at radius 2 is 2.11 bits per heavy atom. The molecule has 1 aromatic heterocycles. The zero-order chi connectivity index (χ0) is 13.5. The van der Waals surface area contributed by atoms with Crippen molar-refractivity contribution in [2.24, 2.45) is 5.92 Å². The Balaban J connectivity index is 1.88. The molecule has 1 saturated heterocycles. The van der Waals surface area contributed by atoms with Crippen molar-refractivity contribution in [1.29, 1.82) is 0 Å². The predicted molar refractivity (Wildman–Crippen MR) is 78.9 cm³/mol. The van der Waals surface area contributed by atoms with Gasteiger partial charge in [-0.2, -0.15) is 4.98 Å². The van der Waals surface area contributed by atoms with Crippen LogP contribution in [0, 0.1) is 5.92 Å². The van der Waals surface area contributed by atoms with Crippen LogP contribution >= 0.6 is 0 Å². The van der Waals surface area contributed by atoms with Crippen LogP contribution in [0.1, 0.15) is 26.7 Å². The average Bonchev–Trinajstić information content (AvgIpc) is 2.46. The maximum Gasteiger partial charge on any atom is 0.215 e. The van der Waals surface area contributed by atoms with Crippen LogP contribution in [0.2, 0.25) is 0 Å². The van der Waals surface area contributed by atoms with Gasteiger partial charge in [0.1, 0.15) is 5.82 Å². The lowest BCUT2D eigenvalue weighted by Gasteiger charge is -2.33. The number of rotatable bonds is 6. The SMILES string of the molecule is CCNCC1CCN(c2cccc(OCC)n2)CC1. The van der Waals surface area contributed by atoms with Gasteiger partial charge in [0.2, 0.25) is 5.88 Å². The number of pyridine rings is 1. The monoisotopic (exact) mass is 263 g/mol. The summed E-state index contributed by atoms with van der Waals surface area (Å²) in [5.41, 5.74) is 0. The third-order valence-electron chi connectivity index (χ3n) is 3.62. The van der Waals surface area contributed by atoms with Crippen molar-refractivity contribution in [1.82, 2.24) is 10.3 Å². The van der Waals surface area contributed by atoms with Gasteiger partial charge in [-0.3, -0.25) is 0 Å². The Morgan fingerprint density at radius 3 is 2.79 bits per heavy atom. The number of hydrogen-bond donors (Lipinski definition) is 1. The molecule has 0 aromatic carbocycles. The van der Waals surface area contributed by atoms with Crippen LogP contribution in [0.15, 0.2) is 18.2 Å². The van der Waals surface area contributed by atoms with Crippen molar-refractivity contribution in [3.63, 3.8) is 0 Å². The molecule has 4 nitrogen and oxygen atoms in total. The van der Waals surface area contributed by atoms with Crippen LogP contribution in [0.5, 0.6) is 5.88 Å². The van der Waals surface area contributed by atoms with E-state index in [2.05, 4.69) is 28.2 Å². The fourth-order valence-electron chi connectivity index (χ4n) is 2.52. The summed E-state index contributed by atoms with van der Waals surface area (Å²) in [5.74, 6) is 2.59. The smallest absolute Gasteiger partial charge is 0.215 e. The van der Waals surface area contributed by atoms with Gasteiger partial charge < -0.3 is 15.0 Å². The third-order valence-corrected chi connectivity index (χ3v) is 3.62. The number of aromatic nitrogens is 1. The number of ether oxygens (including phenoxy) is 1. The predicted octanol–water partition coefficient (Wildman–Crippen LogP) is 2.31. The summed E-state index contributed by atoms with van der Waals surface area (Å²) in [6.07, 6.45) is 2.49. The number of anilines is 1. The highest BCUT2D eigenvalue weighted by Gasteiger charge is 2.19. The molecule has 1 N–H and O–H groups in total. The van der Waals surface area contributed by atoms with Crippen molar-refractivity contribution in [3.05, 3.63) is 18.2 Å². The van der Waals surface area contributed by atoms with Crippen molar-refractivity contribution in [3.8, 4) is 5.88 Å². The van der Waals surface area contributed by atoms with Gasteiger partial charge in [0, 0.05) is 19.2 Å². The standard InChI is InChI=1S/C15H25N3O/c1-3-16-12-13-8-10-18(11-9-13)14-6-5-7-15(17-14)19-4-2/h5-7,13,16H,3-4,8-12H2,1-2H3. The first-order valence-electron chi connectivity index (χ1n) is 7.39. The first-order valence-corrected chi connectivity index (χ1v) is 7.39. The lowest BCUT2D eigenvalue weighted by molar-refractivity contribution is 0.326. The molecule has 2 heterocycles. The van der Waals surface area contributed by atoms with E-state index in [1.54, 1.807) is 0 Å². The molecule has 0 radical (unpaired) electrons. The lowest BCUT2D eigenvalue weighted by atomic mass is 9.97. The molecule has 106 valence electrons. The second kappa shape index (κ2) is 7.34. The van der Waals surface area contributed by atoms with Gasteiger partial charge in [-0.15, -0.1) is 0 Å². The number of nitrogens with zero attached hydrogens (tertiary/aromatic N) is 2. The van der Waals surface area contributed by atoms with Gasteiger partial charge in [0.05, 0.1) is 6.61 Å². The van der Waals surface area contributed by atoms with E-state index in [0.29, 0.717) is 6.61 Å². The van der Waals surface area contributed by atoms with Crippen LogP contribution in [0.3, 0.4) is 0 Å². The van der Waals surface area contributed by atoms with E-state index in [9.17, 15) is 0 Å². The van der Waals surface area contributed by atoms with E-state index in [1.165, 1.54) is 12.8 Å². The van der Waals surface area contributed by atoms with E-state index in [0.717, 1.165) is 43.8 Å². The van der Waals surface area contributed by atoms with Crippen LogP contribution < -0.4 is 15.0 Å². The Kier molecular flexibility index (Phi) is 5.45. The zero-order valence-electron chi connectivity index (χ0n) is 12.1. The highest BCUT2D eigenvalue weighted by atomic mass is 16.5. The maximum absolute atomic E-state index is 5.46. The van der Waals surface area contributed by atoms with Gasteiger partial charge in [-0.1, -0.05) is 13.0 Å². The number of piperidine rings is 1. The molecule has 0 atom stereocenters. The second-order valence-corrected chi connectivity index (χ2v) is 5.01. The molecule has 19 heavy (non-hydrogen) atoms. The maximum atomic E-state index is 5.46.